The van der Waals surface area contributed by atoms with Gasteiger partial charge in [-0.25, -0.2) is 0 Å². The Labute approximate surface area is 133 Å². The molecular weight excluding hydrogens is 257 g/mol. The molecule has 0 amide bonds. The average Bonchev–Trinajstić information content (AvgIpc) is 2.51. The molecule has 2 fully saturated rings. The number of rotatable bonds is 5. The molecule has 1 heterocycles. The van der Waals surface area contributed by atoms with Gasteiger partial charge in [0.25, 0.3) is 0 Å². The molecule has 3 heteroatoms. The van der Waals surface area contributed by atoms with Crippen LogP contribution in [0.25, 0.3) is 0 Å². The number of ether oxygens (including phenoxy) is 1. The van der Waals surface area contributed by atoms with Crippen LogP contribution in [0.2, 0.25) is 5.82 Å². The molecule has 1 saturated carbocycles. The van der Waals surface area contributed by atoms with E-state index in [-0.39, 0.29) is 5.54 Å². The highest BCUT2D eigenvalue weighted by molar-refractivity contribution is 6.11. The smallest absolute Gasteiger partial charge is 0.105 e. The number of hydrogen-bond donors (Lipinski definition) is 0. The summed E-state index contributed by atoms with van der Waals surface area (Å²) in [4.78, 5) is 2.87. The van der Waals surface area contributed by atoms with Gasteiger partial charge in [-0.3, -0.25) is 4.90 Å². The second-order valence-electron chi connectivity index (χ2n) is 8.56. The van der Waals surface area contributed by atoms with Crippen molar-refractivity contribution in [1.29, 1.82) is 0 Å². The summed E-state index contributed by atoms with van der Waals surface area (Å²) < 4.78 is 5.73. The van der Waals surface area contributed by atoms with Crippen molar-refractivity contribution in [2.24, 2.45) is 11.8 Å². The van der Waals surface area contributed by atoms with Gasteiger partial charge < -0.3 is 4.74 Å². The predicted molar refractivity (Wildman–Crippen MR) is 93.7 cm³/mol. The molecule has 0 aromatic rings. The second-order valence-corrected chi connectivity index (χ2v) is 8.56. The number of methoxy groups -OCH3 is 1. The van der Waals surface area contributed by atoms with Crippen molar-refractivity contribution in [3.05, 3.63) is 0 Å². The molecule has 1 saturated heterocycles. The molecule has 0 aromatic carbocycles. The summed E-state index contributed by atoms with van der Waals surface area (Å²) in [5.41, 5.74) is 0.281. The molecule has 0 bridgehead atoms. The molecular formula is C18H36BNO. The van der Waals surface area contributed by atoms with Crippen molar-refractivity contribution in [2.45, 2.75) is 89.7 Å². The summed E-state index contributed by atoms with van der Waals surface area (Å²) in [6, 6.07) is 1.42. The van der Waals surface area contributed by atoms with Gasteiger partial charge in [-0.2, -0.15) is 0 Å². The molecule has 0 spiro atoms. The fourth-order valence-corrected chi connectivity index (χ4v) is 5.57. The Bertz CT molecular complexity index is 333. The minimum Gasteiger partial charge on any atom is -0.383 e. The average molecular weight is 293 g/mol. The van der Waals surface area contributed by atoms with Crippen molar-refractivity contribution in [1.82, 2.24) is 4.90 Å². The fourth-order valence-electron chi connectivity index (χ4n) is 5.57. The third-order valence-corrected chi connectivity index (χ3v) is 5.75. The van der Waals surface area contributed by atoms with Crippen LogP contribution in [0.5, 0.6) is 0 Å². The first-order valence-corrected chi connectivity index (χ1v) is 9.17. The fraction of sp³-hybridized carbons (Fsp3) is 1.00. The lowest BCUT2D eigenvalue weighted by Gasteiger charge is -2.44. The quantitative estimate of drug-likeness (QED) is 0.719. The zero-order valence-electron chi connectivity index (χ0n) is 15.2. The normalized spacial score (nSPS) is 38.0. The van der Waals surface area contributed by atoms with E-state index in [0.29, 0.717) is 6.04 Å². The largest absolute Gasteiger partial charge is 0.383 e. The maximum absolute atomic E-state index is 5.73. The van der Waals surface area contributed by atoms with E-state index in [1.807, 2.05) is 7.11 Å². The zero-order valence-corrected chi connectivity index (χ0v) is 15.2. The molecule has 0 N–H and O–H groups in total. The van der Waals surface area contributed by atoms with Crippen molar-refractivity contribution in [3.63, 3.8) is 0 Å². The van der Waals surface area contributed by atoms with Crippen LogP contribution >= 0.6 is 0 Å². The van der Waals surface area contributed by atoms with Crippen LogP contribution in [-0.4, -0.2) is 44.1 Å². The molecule has 2 aliphatic rings. The molecule has 122 valence electrons. The lowest BCUT2D eigenvalue weighted by molar-refractivity contribution is -0.0143. The van der Waals surface area contributed by atoms with Gasteiger partial charge >= 0.3 is 0 Å². The van der Waals surface area contributed by atoms with Gasteiger partial charge in [-0.15, -0.1) is 0 Å². The SMILES string of the molecule is BC1CCCC2C(C1)CC(COC)(CC(C)C)N2C(C)C. The lowest BCUT2D eigenvalue weighted by atomic mass is 9.75. The number of fused-ring (bicyclic) bond motifs is 1. The molecule has 21 heavy (non-hydrogen) atoms. The summed E-state index contributed by atoms with van der Waals surface area (Å²) >= 11 is 0. The van der Waals surface area contributed by atoms with Gasteiger partial charge in [-0.1, -0.05) is 38.9 Å². The molecule has 4 unspecified atom stereocenters. The Hall–Kier alpha value is -0.0151. The first-order chi connectivity index (χ1) is 9.89. The summed E-state index contributed by atoms with van der Waals surface area (Å²) in [6.07, 6.45) is 8.30. The predicted octanol–water partition coefficient (Wildman–Crippen LogP) is 3.51. The topological polar surface area (TPSA) is 12.5 Å². The van der Waals surface area contributed by atoms with E-state index in [2.05, 4.69) is 40.4 Å². The summed E-state index contributed by atoms with van der Waals surface area (Å²) in [7, 11) is 4.35. The highest BCUT2D eigenvalue weighted by Gasteiger charge is 2.52. The molecule has 2 rings (SSSR count). The van der Waals surface area contributed by atoms with E-state index >= 15 is 0 Å². The minimum absolute atomic E-state index is 0.281. The molecule has 0 radical (unpaired) electrons. The third kappa shape index (κ3) is 3.67. The molecule has 4 atom stereocenters. The molecule has 2 nitrogen and oxygen atoms in total. The van der Waals surface area contributed by atoms with E-state index in [9.17, 15) is 0 Å². The van der Waals surface area contributed by atoms with Crippen LogP contribution in [0.3, 0.4) is 0 Å². The van der Waals surface area contributed by atoms with Gasteiger partial charge in [0.15, 0.2) is 0 Å². The molecule has 1 aliphatic carbocycles. The van der Waals surface area contributed by atoms with E-state index < -0.39 is 0 Å². The van der Waals surface area contributed by atoms with Crippen molar-refractivity contribution in [3.8, 4) is 0 Å². The standard InChI is InChI=1S/C18H36BNO/c1-13(2)10-18(12-21-5)11-15-9-16(19)7-6-8-17(15)20(18)14(3)4/h13-17H,6-12,19H2,1-5H3. The summed E-state index contributed by atoms with van der Waals surface area (Å²) in [5, 5.41) is 0. The van der Waals surface area contributed by atoms with Gasteiger partial charge in [0.1, 0.15) is 7.85 Å². The van der Waals surface area contributed by atoms with Crippen molar-refractivity contribution in [2.75, 3.05) is 13.7 Å². The van der Waals surface area contributed by atoms with Crippen molar-refractivity contribution < 1.29 is 4.74 Å². The van der Waals surface area contributed by atoms with Crippen molar-refractivity contribution >= 4 is 7.85 Å². The Morgan fingerprint density at radius 1 is 1.24 bits per heavy atom. The summed E-state index contributed by atoms with van der Waals surface area (Å²) in [6.45, 7) is 10.4. The van der Waals surface area contributed by atoms with E-state index in [1.54, 1.807) is 0 Å². The third-order valence-electron chi connectivity index (χ3n) is 5.75. The zero-order chi connectivity index (χ0) is 15.6. The number of nitrogens with zero attached hydrogens (tertiary/aromatic N) is 1. The van der Waals surface area contributed by atoms with Crippen LogP contribution in [-0.2, 0) is 4.74 Å². The molecule has 0 aromatic heterocycles. The van der Waals surface area contributed by atoms with Crippen LogP contribution in [0.15, 0.2) is 0 Å². The van der Waals surface area contributed by atoms with Gasteiger partial charge in [0.05, 0.1) is 6.61 Å². The first-order valence-electron chi connectivity index (χ1n) is 9.17. The van der Waals surface area contributed by atoms with Gasteiger partial charge in [0.2, 0.25) is 0 Å². The Balaban J connectivity index is 2.30. The molecule has 1 aliphatic heterocycles. The minimum atomic E-state index is 0.281. The van der Waals surface area contributed by atoms with E-state index in [4.69, 9.17) is 4.74 Å². The van der Waals surface area contributed by atoms with E-state index in [1.165, 1.54) is 38.5 Å². The monoisotopic (exact) mass is 293 g/mol. The Morgan fingerprint density at radius 3 is 2.52 bits per heavy atom. The number of hydrogen-bond acceptors (Lipinski definition) is 2. The van der Waals surface area contributed by atoms with Crippen LogP contribution in [0.1, 0.15) is 66.2 Å². The van der Waals surface area contributed by atoms with Gasteiger partial charge in [-0.05, 0) is 44.9 Å². The summed E-state index contributed by atoms with van der Waals surface area (Å²) in [5.74, 6) is 2.53. The van der Waals surface area contributed by atoms with Crippen LogP contribution in [0, 0.1) is 11.8 Å². The van der Waals surface area contributed by atoms with Gasteiger partial charge in [0, 0.05) is 24.7 Å². The lowest BCUT2D eigenvalue weighted by Crippen LogP contribution is -2.54. The second kappa shape index (κ2) is 7.04. The number of likely N-dealkylation sites (tertiary alicyclic amines) is 1. The highest BCUT2D eigenvalue weighted by atomic mass is 16.5. The Kier molecular flexibility index (Phi) is 5.81. The maximum Gasteiger partial charge on any atom is 0.105 e. The van der Waals surface area contributed by atoms with Crippen LogP contribution in [0.4, 0.5) is 0 Å². The van der Waals surface area contributed by atoms with Crippen LogP contribution < -0.4 is 0 Å². The maximum atomic E-state index is 5.73. The highest BCUT2D eigenvalue weighted by Crippen LogP contribution is 2.49. The Morgan fingerprint density at radius 2 is 1.95 bits per heavy atom. The van der Waals surface area contributed by atoms with E-state index in [0.717, 1.165) is 30.3 Å². The first kappa shape index (κ1) is 17.3.